The summed E-state index contributed by atoms with van der Waals surface area (Å²) in [6.45, 7) is 2.30. The highest BCUT2D eigenvalue weighted by atomic mass is 16.3. The van der Waals surface area contributed by atoms with Gasteiger partial charge in [0.2, 0.25) is 5.91 Å². The summed E-state index contributed by atoms with van der Waals surface area (Å²) in [6.07, 6.45) is 1.30. The first-order chi connectivity index (χ1) is 13.5. The second-order valence-corrected chi connectivity index (χ2v) is 8.04. The van der Waals surface area contributed by atoms with Gasteiger partial charge in [-0.15, -0.1) is 0 Å². The van der Waals surface area contributed by atoms with Crippen LogP contribution in [-0.2, 0) is 11.2 Å². The Morgan fingerprint density at radius 3 is 2.57 bits per heavy atom. The molecule has 0 aromatic heterocycles. The minimum atomic E-state index is -0.257. The van der Waals surface area contributed by atoms with Crippen molar-refractivity contribution in [1.29, 1.82) is 0 Å². The van der Waals surface area contributed by atoms with Crippen molar-refractivity contribution in [3.05, 3.63) is 65.7 Å². The highest BCUT2D eigenvalue weighted by molar-refractivity contribution is 5.88. The van der Waals surface area contributed by atoms with E-state index in [4.69, 9.17) is 0 Å². The number of aliphatic hydroxyl groups excluding tert-OH is 1. The van der Waals surface area contributed by atoms with E-state index >= 15 is 0 Å². The number of carbonyl (C=O) groups excluding carboxylic acids is 1. The first-order valence-electron chi connectivity index (χ1n) is 10.1. The Hall–Kier alpha value is -2.37. The van der Waals surface area contributed by atoms with Gasteiger partial charge in [0.15, 0.2) is 0 Å². The molecule has 1 saturated heterocycles. The number of likely N-dealkylation sites (N-methyl/N-ethyl adjacent to an activating group) is 2. The van der Waals surface area contributed by atoms with Crippen molar-refractivity contribution in [3.63, 3.8) is 0 Å². The van der Waals surface area contributed by atoms with E-state index in [1.165, 1.54) is 5.56 Å². The predicted molar refractivity (Wildman–Crippen MR) is 111 cm³/mol. The zero-order valence-electron chi connectivity index (χ0n) is 16.7. The molecule has 1 amide bonds. The van der Waals surface area contributed by atoms with E-state index in [9.17, 15) is 9.90 Å². The number of nitrogens with zero attached hydrogens (tertiary/aromatic N) is 3. The molecule has 4 rings (SSSR count). The number of para-hydroxylation sites is 1. The maximum atomic E-state index is 13.5. The van der Waals surface area contributed by atoms with Crippen molar-refractivity contribution in [1.82, 2.24) is 9.80 Å². The number of likely N-dealkylation sites (tertiary alicyclic amines) is 1. The average Bonchev–Trinajstić information content (AvgIpc) is 3.29. The third kappa shape index (κ3) is 3.64. The van der Waals surface area contributed by atoms with E-state index in [-0.39, 0.29) is 24.1 Å². The van der Waals surface area contributed by atoms with Crippen molar-refractivity contribution in [2.45, 2.75) is 31.0 Å². The fourth-order valence-corrected chi connectivity index (χ4v) is 4.53. The molecular weight excluding hydrogens is 350 g/mol. The summed E-state index contributed by atoms with van der Waals surface area (Å²) in [5.74, 6) is 0.146. The largest absolute Gasteiger partial charge is 0.392 e. The molecule has 0 bridgehead atoms. The number of β-amino-alcohol motifs (C(OH)–C–C–N with tert-alkyl or cyclic N) is 1. The van der Waals surface area contributed by atoms with Gasteiger partial charge < -0.3 is 14.9 Å². The predicted octanol–water partition coefficient (Wildman–Crippen LogP) is 2.31. The van der Waals surface area contributed by atoms with Gasteiger partial charge in [0, 0.05) is 45.8 Å². The first-order valence-corrected chi connectivity index (χ1v) is 10.1. The van der Waals surface area contributed by atoms with Gasteiger partial charge in [-0.05, 0) is 23.6 Å². The van der Waals surface area contributed by atoms with Gasteiger partial charge >= 0.3 is 0 Å². The smallest absolute Gasteiger partial charge is 0.245 e. The Bertz CT molecular complexity index is 826. The third-order valence-corrected chi connectivity index (χ3v) is 6.22. The van der Waals surface area contributed by atoms with Crippen LogP contribution in [-0.4, -0.2) is 66.7 Å². The van der Waals surface area contributed by atoms with Crippen molar-refractivity contribution >= 4 is 11.6 Å². The van der Waals surface area contributed by atoms with Crippen LogP contribution in [0.2, 0.25) is 0 Å². The number of hydrogen-bond acceptors (Lipinski definition) is 4. The van der Waals surface area contributed by atoms with E-state index in [0.29, 0.717) is 6.54 Å². The van der Waals surface area contributed by atoms with Gasteiger partial charge in [-0.3, -0.25) is 9.69 Å². The molecule has 2 aromatic rings. The SMILES string of the molecule is CN(C(=O)[C@@H]1Cc2ccccc2N1C)[C@H](CN1CC[C@H](O)C1)c1ccccc1. The Kier molecular flexibility index (Phi) is 5.38. The summed E-state index contributed by atoms with van der Waals surface area (Å²) in [6, 6.07) is 18.3. The standard InChI is InChI=1S/C23H29N3O2/c1-24-20-11-7-6-10-18(20)14-21(24)23(28)25(2)22(17-8-4-3-5-9-17)16-26-13-12-19(27)15-26/h3-11,19,21-22,27H,12-16H2,1-2H3/t19-,21-,22+/m0/s1. The number of amides is 1. The van der Waals surface area contributed by atoms with Crippen LogP contribution in [0.1, 0.15) is 23.6 Å². The number of aliphatic hydroxyl groups is 1. The maximum absolute atomic E-state index is 13.5. The lowest BCUT2D eigenvalue weighted by molar-refractivity contribution is -0.133. The molecule has 0 radical (unpaired) electrons. The van der Waals surface area contributed by atoms with E-state index < -0.39 is 0 Å². The molecule has 2 heterocycles. The van der Waals surface area contributed by atoms with Crippen molar-refractivity contribution in [3.8, 4) is 0 Å². The summed E-state index contributed by atoms with van der Waals surface area (Å²) in [5, 5.41) is 9.91. The zero-order chi connectivity index (χ0) is 19.7. The van der Waals surface area contributed by atoms with Gasteiger partial charge in [-0.2, -0.15) is 0 Å². The number of rotatable bonds is 5. The van der Waals surface area contributed by atoms with Crippen LogP contribution in [0.5, 0.6) is 0 Å². The van der Waals surface area contributed by atoms with Crippen LogP contribution >= 0.6 is 0 Å². The highest BCUT2D eigenvalue weighted by Gasteiger charge is 2.36. The summed E-state index contributed by atoms with van der Waals surface area (Å²) in [5.41, 5.74) is 3.52. The normalized spacial score (nSPS) is 22.9. The second-order valence-electron chi connectivity index (χ2n) is 8.04. The molecule has 5 heteroatoms. The third-order valence-electron chi connectivity index (χ3n) is 6.22. The van der Waals surface area contributed by atoms with Crippen molar-refractivity contribution < 1.29 is 9.90 Å². The summed E-state index contributed by atoms with van der Waals surface area (Å²) in [7, 11) is 3.93. The van der Waals surface area contributed by atoms with Crippen LogP contribution in [0.3, 0.4) is 0 Å². The van der Waals surface area contributed by atoms with E-state index in [1.54, 1.807) is 0 Å². The number of carbonyl (C=O) groups is 1. The molecule has 0 unspecified atom stereocenters. The average molecular weight is 380 g/mol. The van der Waals surface area contributed by atoms with Crippen LogP contribution in [0.15, 0.2) is 54.6 Å². The summed E-state index contributed by atoms with van der Waals surface area (Å²) < 4.78 is 0. The molecule has 5 nitrogen and oxygen atoms in total. The van der Waals surface area contributed by atoms with Gasteiger partial charge in [0.05, 0.1) is 12.1 Å². The van der Waals surface area contributed by atoms with Gasteiger partial charge in [-0.25, -0.2) is 0 Å². The lowest BCUT2D eigenvalue weighted by Crippen LogP contribution is -2.48. The number of anilines is 1. The van der Waals surface area contributed by atoms with Gasteiger partial charge in [0.25, 0.3) is 0 Å². The molecule has 3 atom stereocenters. The fraction of sp³-hybridized carbons (Fsp3) is 0.435. The Morgan fingerprint density at radius 1 is 1.18 bits per heavy atom. The fourth-order valence-electron chi connectivity index (χ4n) is 4.53. The Balaban J connectivity index is 1.55. The quantitative estimate of drug-likeness (QED) is 0.866. The molecule has 148 valence electrons. The van der Waals surface area contributed by atoms with Crippen LogP contribution in [0, 0.1) is 0 Å². The number of benzene rings is 2. The zero-order valence-corrected chi connectivity index (χ0v) is 16.7. The van der Waals surface area contributed by atoms with Crippen molar-refractivity contribution in [2.75, 3.05) is 38.6 Å². The minimum absolute atomic E-state index is 0.0314. The molecule has 28 heavy (non-hydrogen) atoms. The molecule has 1 N–H and O–H groups in total. The highest BCUT2D eigenvalue weighted by Crippen LogP contribution is 2.33. The van der Waals surface area contributed by atoms with Crippen LogP contribution in [0.25, 0.3) is 0 Å². The Labute approximate surface area is 167 Å². The molecule has 1 fully saturated rings. The van der Waals surface area contributed by atoms with E-state index in [1.807, 2.05) is 49.3 Å². The molecule has 2 aliphatic rings. The number of hydrogen-bond donors (Lipinski definition) is 1. The lowest BCUT2D eigenvalue weighted by Gasteiger charge is -2.35. The molecule has 0 saturated carbocycles. The second kappa shape index (κ2) is 7.94. The molecular formula is C23H29N3O2. The topological polar surface area (TPSA) is 47.0 Å². The van der Waals surface area contributed by atoms with E-state index in [2.05, 4.69) is 34.1 Å². The van der Waals surface area contributed by atoms with Crippen LogP contribution in [0.4, 0.5) is 5.69 Å². The monoisotopic (exact) mass is 379 g/mol. The maximum Gasteiger partial charge on any atom is 0.245 e. The minimum Gasteiger partial charge on any atom is -0.392 e. The van der Waals surface area contributed by atoms with Gasteiger partial charge in [0.1, 0.15) is 6.04 Å². The Morgan fingerprint density at radius 2 is 1.89 bits per heavy atom. The first kappa shape index (κ1) is 19.0. The molecule has 2 aliphatic heterocycles. The number of fused-ring (bicyclic) bond motifs is 1. The molecule has 0 spiro atoms. The van der Waals surface area contributed by atoms with Gasteiger partial charge in [-0.1, -0.05) is 48.5 Å². The summed E-state index contributed by atoms with van der Waals surface area (Å²) >= 11 is 0. The van der Waals surface area contributed by atoms with Crippen molar-refractivity contribution in [2.24, 2.45) is 0 Å². The molecule has 2 aromatic carbocycles. The van der Waals surface area contributed by atoms with Crippen LogP contribution < -0.4 is 4.90 Å². The summed E-state index contributed by atoms with van der Waals surface area (Å²) in [4.78, 5) is 19.8. The lowest BCUT2D eigenvalue weighted by atomic mass is 10.0. The molecule has 0 aliphatic carbocycles. The van der Waals surface area contributed by atoms with E-state index in [0.717, 1.165) is 37.2 Å².